The molecule has 0 saturated heterocycles. The number of hydrogen-bond donors (Lipinski definition) is 1. The van der Waals surface area contributed by atoms with Crippen molar-refractivity contribution in [3.8, 4) is 0 Å². The van der Waals surface area contributed by atoms with Gasteiger partial charge in [-0.3, -0.25) is 0 Å². The highest BCUT2D eigenvalue weighted by Crippen LogP contribution is 2.16. The predicted octanol–water partition coefficient (Wildman–Crippen LogP) is 2.82. The Balaban J connectivity index is 2.45. The molecule has 0 aliphatic heterocycles. The van der Waals surface area contributed by atoms with Crippen LogP contribution >= 0.6 is 0 Å². The van der Waals surface area contributed by atoms with Crippen LogP contribution in [0.25, 0.3) is 0 Å². The minimum Gasteiger partial charge on any atom is -0.309 e. The van der Waals surface area contributed by atoms with Gasteiger partial charge in [-0.2, -0.15) is 0 Å². The van der Waals surface area contributed by atoms with E-state index in [4.69, 9.17) is 0 Å². The number of nitrogens with one attached hydrogen (secondary N) is 1. The van der Waals surface area contributed by atoms with Gasteiger partial charge in [-0.05, 0) is 37.7 Å². The van der Waals surface area contributed by atoms with Crippen LogP contribution in [0.3, 0.4) is 0 Å². The zero-order chi connectivity index (χ0) is 12.7. The van der Waals surface area contributed by atoms with E-state index in [9.17, 15) is 4.39 Å². The minimum absolute atomic E-state index is 0.172. The fraction of sp³-hybridized carbons (Fsp3) is 0.571. The Bertz CT molecular complexity index is 311. The normalized spacial score (nSPS) is 13.0. The molecular formula is C14H23FN2. The van der Waals surface area contributed by atoms with E-state index in [2.05, 4.69) is 31.1 Å². The molecule has 1 atom stereocenters. The summed E-state index contributed by atoms with van der Waals surface area (Å²) in [5.74, 6) is -0.172. The molecule has 0 fully saturated rings. The summed E-state index contributed by atoms with van der Waals surface area (Å²) in [6.45, 7) is 7.35. The average Bonchev–Trinajstić information content (AvgIpc) is 2.35. The Hall–Kier alpha value is -0.930. The van der Waals surface area contributed by atoms with E-state index in [-0.39, 0.29) is 5.82 Å². The molecular weight excluding hydrogens is 215 g/mol. The van der Waals surface area contributed by atoms with Crippen molar-refractivity contribution < 1.29 is 4.39 Å². The molecule has 0 spiro atoms. The second kappa shape index (κ2) is 7.41. The van der Waals surface area contributed by atoms with Crippen LogP contribution in [0, 0.1) is 5.82 Å². The summed E-state index contributed by atoms with van der Waals surface area (Å²) >= 11 is 0. The lowest BCUT2D eigenvalue weighted by Crippen LogP contribution is -2.31. The first-order chi connectivity index (χ1) is 8.17. The maximum atomic E-state index is 12.8. The summed E-state index contributed by atoms with van der Waals surface area (Å²) < 4.78 is 12.8. The second-order valence-electron chi connectivity index (χ2n) is 4.36. The van der Waals surface area contributed by atoms with Gasteiger partial charge in [0, 0.05) is 19.1 Å². The van der Waals surface area contributed by atoms with Crippen molar-refractivity contribution in [2.75, 3.05) is 26.7 Å². The summed E-state index contributed by atoms with van der Waals surface area (Å²) in [6, 6.07) is 7.09. The monoisotopic (exact) mass is 238 g/mol. The van der Waals surface area contributed by atoms with E-state index in [1.54, 1.807) is 0 Å². The van der Waals surface area contributed by atoms with E-state index < -0.39 is 0 Å². The molecule has 1 aromatic carbocycles. The van der Waals surface area contributed by atoms with E-state index in [1.165, 1.54) is 12.1 Å². The Labute approximate surface area is 104 Å². The van der Waals surface area contributed by atoms with Crippen LogP contribution in [-0.4, -0.2) is 31.6 Å². The third-order valence-electron chi connectivity index (χ3n) is 3.10. The van der Waals surface area contributed by atoms with Gasteiger partial charge in [0.25, 0.3) is 0 Å². The van der Waals surface area contributed by atoms with Crippen LogP contribution in [0.5, 0.6) is 0 Å². The molecule has 2 nitrogen and oxygen atoms in total. The highest BCUT2D eigenvalue weighted by Gasteiger charge is 2.08. The molecule has 17 heavy (non-hydrogen) atoms. The van der Waals surface area contributed by atoms with Crippen molar-refractivity contribution in [2.45, 2.75) is 26.3 Å². The van der Waals surface area contributed by atoms with Crippen molar-refractivity contribution in [3.63, 3.8) is 0 Å². The van der Waals surface area contributed by atoms with Crippen molar-refractivity contribution in [3.05, 3.63) is 35.6 Å². The zero-order valence-electron chi connectivity index (χ0n) is 11.0. The topological polar surface area (TPSA) is 15.3 Å². The lowest BCUT2D eigenvalue weighted by Gasteiger charge is -2.20. The van der Waals surface area contributed by atoms with Gasteiger partial charge in [-0.1, -0.05) is 26.0 Å². The number of benzene rings is 1. The minimum atomic E-state index is -0.172. The Kier molecular flexibility index (Phi) is 6.16. The Morgan fingerprint density at radius 2 is 1.88 bits per heavy atom. The Morgan fingerprint density at radius 1 is 1.24 bits per heavy atom. The number of halogens is 1. The quantitative estimate of drug-likeness (QED) is 0.786. The fourth-order valence-corrected chi connectivity index (χ4v) is 1.78. The number of likely N-dealkylation sites (N-methyl/N-ethyl adjacent to an activating group) is 1. The molecule has 1 rings (SSSR count). The lowest BCUT2D eigenvalue weighted by molar-refractivity contribution is 0.338. The van der Waals surface area contributed by atoms with Crippen LogP contribution in [-0.2, 0) is 0 Å². The molecule has 0 bridgehead atoms. The van der Waals surface area contributed by atoms with E-state index in [0.717, 1.165) is 31.6 Å². The molecule has 1 N–H and O–H groups in total. The average molecular weight is 238 g/mol. The summed E-state index contributed by atoms with van der Waals surface area (Å²) in [6.07, 6.45) is 1.02. The van der Waals surface area contributed by atoms with Crippen LogP contribution in [0.2, 0.25) is 0 Å². The summed E-state index contributed by atoms with van der Waals surface area (Å²) in [5, 5.41) is 3.51. The highest BCUT2D eigenvalue weighted by atomic mass is 19.1. The summed E-state index contributed by atoms with van der Waals surface area (Å²) in [5.41, 5.74) is 1.16. The van der Waals surface area contributed by atoms with Crippen molar-refractivity contribution in [2.24, 2.45) is 0 Å². The van der Waals surface area contributed by atoms with Gasteiger partial charge in [0.15, 0.2) is 0 Å². The van der Waals surface area contributed by atoms with Crippen LogP contribution < -0.4 is 5.32 Å². The standard InChI is InChI=1S/C14H23FN2/c1-4-14(16-10-11-17(3)5-2)12-6-8-13(15)9-7-12/h6-9,14,16H,4-5,10-11H2,1-3H3. The predicted molar refractivity (Wildman–Crippen MR) is 70.6 cm³/mol. The highest BCUT2D eigenvalue weighted by molar-refractivity contribution is 5.19. The van der Waals surface area contributed by atoms with Crippen LogP contribution in [0.1, 0.15) is 31.9 Å². The summed E-state index contributed by atoms with van der Waals surface area (Å²) in [7, 11) is 2.11. The third kappa shape index (κ3) is 4.84. The van der Waals surface area contributed by atoms with Gasteiger partial charge in [0.2, 0.25) is 0 Å². The number of nitrogens with zero attached hydrogens (tertiary/aromatic N) is 1. The lowest BCUT2D eigenvalue weighted by atomic mass is 10.0. The molecule has 96 valence electrons. The van der Waals surface area contributed by atoms with Gasteiger partial charge in [0.1, 0.15) is 5.82 Å². The van der Waals surface area contributed by atoms with Gasteiger partial charge >= 0.3 is 0 Å². The van der Waals surface area contributed by atoms with Gasteiger partial charge in [0.05, 0.1) is 0 Å². The molecule has 1 unspecified atom stereocenters. The van der Waals surface area contributed by atoms with Crippen molar-refractivity contribution in [1.82, 2.24) is 10.2 Å². The van der Waals surface area contributed by atoms with E-state index in [0.29, 0.717) is 6.04 Å². The number of rotatable bonds is 7. The van der Waals surface area contributed by atoms with Gasteiger partial charge in [-0.15, -0.1) is 0 Å². The summed E-state index contributed by atoms with van der Waals surface area (Å²) in [4.78, 5) is 2.27. The molecule has 1 aromatic rings. The second-order valence-corrected chi connectivity index (χ2v) is 4.36. The maximum absolute atomic E-state index is 12.8. The molecule has 0 aromatic heterocycles. The Morgan fingerprint density at radius 3 is 2.41 bits per heavy atom. The van der Waals surface area contributed by atoms with Crippen molar-refractivity contribution in [1.29, 1.82) is 0 Å². The van der Waals surface area contributed by atoms with Crippen molar-refractivity contribution >= 4 is 0 Å². The SMILES string of the molecule is CCC(NCCN(C)CC)c1ccc(F)cc1. The molecule has 0 aliphatic rings. The van der Waals surface area contributed by atoms with Crippen LogP contribution in [0.15, 0.2) is 24.3 Å². The smallest absolute Gasteiger partial charge is 0.123 e. The maximum Gasteiger partial charge on any atom is 0.123 e. The first kappa shape index (κ1) is 14.1. The fourth-order valence-electron chi connectivity index (χ4n) is 1.78. The van der Waals surface area contributed by atoms with E-state index >= 15 is 0 Å². The first-order valence-electron chi connectivity index (χ1n) is 6.34. The molecule has 0 heterocycles. The molecule has 3 heteroatoms. The third-order valence-corrected chi connectivity index (χ3v) is 3.10. The zero-order valence-corrected chi connectivity index (χ0v) is 11.0. The van der Waals surface area contributed by atoms with Gasteiger partial charge < -0.3 is 10.2 Å². The molecule has 0 aliphatic carbocycles. The van der Waals surface area contributed by atoms with E-state index in [1.807, 2.05) is 12.1 Å². The number of hydrogen-bond acceptors (Lipinski definition) is 2. The molecule has 0 radical (unpaired) electrons. The molecule has 0 saturated carbocycles. The molecule has 0 amide bonds. The van der Waals surface area contributed by atoms with Gasteiger partial charge in [-0.25, -0.2) is 4.39 Å². The first-order valence-corrected chi connectivity index (χ1v) is 6.34. The largest absolute Gasteiger partial charge is 0.309 e. The van der Waals surface area contributed by atoms with Crippen LogP contribution in [0.4, 0.5) is 4.39 Å².